The number of carbonyl (C=O) groups excluding carboxylic acids is 1. The molecule has 1 N–H and O–H groups in total. The van der Waals surface area contributed by atoms with E-state index in [-0.39, 0.29) is 23.7 Å². The van der Waals surface area contributed by atoms with E-state index in [0.717, 1.165) is 26.1 Å². The van der Waals surface area contributed by atoms with Gasteiger partial charge in [-0.05, 0) is 34.1 Å². The molecule has 0 bridgehead atoms. The summed E-state index contributed by atoms with van der Waals surface area (Å²) in [4.78, 5) is 18.3. The molecular weight excluding hydrogens is 294 g/mol. The first-order valence-electron chi connectivity index (χ1n) is 8.36. The summed E-state index contributed by atoms with van der Waals surface area (Å²) in [5.74, 6) is 0.0903. The Morgan fingerprint density at radius 3 is 2.65 bits per heavy atom. The average molecular weight is 323 g/mol. The molecule has 2 unspecified atom stereocenters. The van der Waals surface area contributed by atoms with Crippen molar-refractivity contribution in [1.82, 2.24) is 25.0 Å². The number of aryl methyl sites for hydroxylation is 1. The lowest BCUT2D eigenvalue weighted by atomic mass is 10.00. The first-order valence-corrected chi connectivity index (χ1v) is 8.36. The number of nitrogens with one attached hydrogen (secondary N) is 1. The molecule has 1 fully saturated rings. The van der Waals surface area contributed by atoms with Crippen molar-refractivity contribution in [3.8, 4) is 0 Å². The lowest BCUT2D eigenvalue weighted by Gasteiger charge is -2.45. The summed E-state index contributed by atoms with van der Waals surface area (Å²) < 4.78 is 7.53. The molecule has 1 amide bonds. The highest BCUT2D eigenvalue weighted by Gasteiger charge is 2.33. The van der Waals surface area contributed by atoms with Crippen molar-refractivity contribution in [2.75, 3.05) is 19.6 Å². The minimum Gasteiger partial charge on any atom is -0.373 e. The van der Waals surface area contributed by atoms with E-state index in [9.17, 15) is 4.79 Å². The summed E-state index contributed by atoms with van der Waals surface area (Å²) in [5.41, 5.74) is -0.0755. The Balaban J connectivity index is 1.71. The highest BCUT2D eigenvalue weighted by atomic mass is 16.5. The third-order valence-corrected chi connectivity index (χ3v) is 4.25. The molecule has 130 valence electrons. The van der Waals surface area contributed by atoms with Crippen molar-refractivity contribution in [2.45, 2.75) is 64.8 Å². The van der Waals surface area contributed by atoms with E-state index in [4.69, 9.17) is 4.74 Å². The Labute approximate surface area is 138 Å². The third kappa shape index (κ3) is 5.58. The molecular formula is C16H29N5O2. The molecule has 7 nitrogen and oxygen atoms in total. The van der Waals surface area contributed by atoms with Crippen molar-refractivity contribution in [3.63, 3.8) is 0 Å². The molecule has 0 aliphatic carbocycles. The highest BCUT2D eigenvalue weighted by molar-refractivity contribution is 5.75. The van der Waals surface area contributed by atoms with Crippen LogP contribution in [0.5, 0.6) is 0 Å². The van der Waals surface area contributed by atoms with E-state index in [2.05, 4.69) is 48.0 Å². The summed E-state index contributed by atoms with van der Waals surface area (Å²) in [6, 6.07) is 0. The van der Waals surface area contributed by atoms with Gasteiger partial charge in [-0.3, -0.25) is 14.4 Å². The third-order valence-electron chi connectivity index (χ3n) is 4.25. The Morgan fingerprint density at radius 2 is 2.04 bits per heavy atom. The van der Waals surface area contributed by atoms with Crippen LogP contribution in [0.25, 0.3) is 0 Å². The summed E-state index contributed by atoms with van der Waals surface area (Å²) in [6.45, 7) is 11.7. The highest BCUT2D eigenvalue weighted by Crippen LogP contribution is 2.20. The van der Waals surface area contributed by atoms with E-state index in [1.54, 1.807) is 11.0 Å². The molecule has 0 saturated carbocycles. The lowest BCUT2D eigenvalue weighted by molar-refractivity contribution is -0.123. The van der Waals surface area contributed by atoms with Gasteiger partial charge in [0.25, 0.3) is 0 Å². The van der Waals surface area contributed by atoms with Gasteiger partial charge < -0.3 is 10.1 Å². The van der Waals surface area contributed by atoms with Gasteiger partial charge in [0.2, 0.25) is 5.91 Å². The minimum absolute atomic E-state index is 0.0755. The number of morpholine rings is 1. The summed E-state index contributed by atoms with van der Waals surface area (Å²) >= 11 is 0. The SMILES string of the molecule is CC1CN(C(C)(C)CNC(=O)CCCn2cncn2)CC(C)O1. The zero-order valence-corrected chi connectivity index (χ0v) is 14.7. The first kappa shape index (κ1) is 17.9. The van der Waals surface area contributed by atoms with Gasteiger partial charge in [0, 0.05) is 38.1 Å². The van der Waals surface area contributed by atoms with E-state index < -0.39 is 0 Å². The number of hydrogen-bond acceptors (Lipinski definition) is 5. The van der Waals surface area contributed by atoms with Gasteiger partial charge in [0.1, 0.15) is 12.7 Å². The van der Waals surface area contributed by atoms with E-state index >= 15 is 0 Å². The van der Waals surface area contributed by atoms with Crippen LogP contribution in [-0.2, 0) is 16.1 Å². The number of rotatable bonds is 7. The topological polar surface area (TPSA) is 72.3 Å². The van der Waals surface area contributed by atoms with Crippen LogP contribution in [-0.4, -0.2) is 63.0 Å². The first-order chi connectivity index (χ1) is 10.9. The molecule has 23 heavy (non-hydrogen) atoms. The smallest absolute Gasteiger partial charge is 0.220 e. The van der Waals surface area contributed by atoms with Crippen LogP contribution < -0.4 is 5.32 Å². The maximum Gasteiger partial charge on any atom is 0.220 e. The largest absolute Gasteiger partial charge is 0.373 e. The number of carbonyl (C=O) groups is 1. The molecule has 1 aliphatic heterocycles. The standard InChI is InChI=1S/C16H29N5O2/c1-13-8-20(9-14(2)23-13)16(3,4)10-18-15(22)6-5-7-21-12-17-11-19-21/h11-14H,5-10H2,1-4H3,(H,18,22). The summed E-state index contributed by atoms with van der Waals surface area (Å²) in [5, 5.41) is 7.09. The molecule has 0 spiro atoms. The minimum atomic E-state index is -0.0755. The predicted octanol–water partition coefficient (Wildman–Crippen LogP) is 1.06. The second-order valence-electron chi connectivity index (χ2n) is 7.01. The Bertz CT molecular complexity index is 479. The van der Waals surface area contributed by atoms with Crippen LogP contribution in [0.15, 0.2) is 12.7 Å². The van der Waals surface area contributed by atoms with Gasteiger partial charge in [-0.15, -0.1) is 0 Å². The zero-order valence-electron chi connectivity index (χ0n) is 14.7. The monoisotopic (exact) mass is 323 g/mol. The summed E-state index contributed by atoms with van der Waals surface area (Å²) in [6.07, 6.45) is 4.91. The van der Waals surface area contributed by atoms with Crippen LogP contribution in [0.2, 0.25) is 0 Å². The number of ether oxygens (including phenoxy) is 1. The van der Waals surface area contributed by atoms with Gasteiger partial charge in [0.15, 0.2) is 0 Å². The van der Waals surface area contributed by atoms with Crippen molar-refractivity contribution >= 4 is 5.91 Å². The fourth-order valence-electron chi connectivity index (χ4n) is 2.94. The average Bonchev–Trinajstić information content (AvgIpc) is 2.97. The van der Waals surface area contributed by atoms with Gasteiger partial charge in [-0.2, -0.15) is 5.10 Å². The number of nitrogens with zero attached hydrogens (tertiary/aromatic N) is 4. The molecule has 1 aromatic heterocycles. The van der Waals surface area contributed by atoms with Crippen molar-refractivity contribution in [3.05, 3.63) is 12.7 Å². The van der Waals surface area contributed by atoms with Crippen LogP contribution in [0.4, 0.5) is 0 Å². The fourth-order valence-corrected chi connectivity index (χ4v) is 2.94. The number of amides is 1. The second-order valence-corrected chi connectivity index (χ2v) is 7.01. The van der Waals surface area contributed by atoms with E-state index in [1.165, 1.54) is 6.33 Å². The number of hydrogen-bond donors (Lipinski definition) is 1. The quantitative estimate of drug-likeness (QED) is 0.812. The summed E-state index contributed by atoms with van der Waals surface area (Å²) in [7, 11) is 0. The molecule has 1 aliphatic rings. The Kier molecular flexibility index (Phi) is 6.12. The fraction of sp³-hybridized carbons (Fsp3) is 0.812. The zero-order chi connectivity index (χ0) is 16.9. The molecule has 0 aromatic carbocycles. The van der Waals surface area contributed by atoms with Crippen LogP contribution in [0.1, 0.15) is 40.5 Å². The van der Waals surface area contributed by atoms with Crippen molar-refractivity contribution in [2.24, 2.45) is 0 Å². The predicted molar refractivity (Wildman–Crippen MR) is 87.9 cm³/mol. The lowest BCUT2D eigenvalue weighted by Crippen LogP contribution is -2.58. The van der Waals surface area contributed by atoms with Crippen molar-refractivity contribution in [1.29, 1.82) is 0 Å². The van der Waals surface area contributed by atoms with Gasteiger partial charge >= 0.3 is 0 Å². The molecule has 2 heterocycles. The van der Waals surface area contributed by atoms with Crippen LogP contribution in [0.3, 0.4) is 0 Å². The second kappa shape index (κ2) is 7.88. The van der Waals surface area contributed by atoms with Crippen LogP contribution in [0, 0.1) is 0 Å². The maximum absolute atomic E-state index is 12.0. The number of aromatic nitrogens is 3. The van der Waals surface area contributed by atoms with Crippen LogP contribution >= 0.6 is 0 Å². The maximum atomic E-state index is 12.0. The molecule has 7 heteroatoms. The molecule has 1 saturated heterocycles. The van der Waals surface area contributed by atoms with E-state index in [1.807, 2.05) is 0 Å². The van der Waals surface area contributed by atoms with E-state index in [0.29, 0.717) is 13.0 Å². The molecule has 2 atom stereocenters. The molecule has 1 aromatic rings. The van der Waals surface area contributed by atoms with Gasteiger partial charge in [-0.1, -0.05) is 0 Å². The Morgan fingerprint density at radius 1 is 1.35 bits per heavy atom. The van der Waals surface area contributed by atoms with Gasteiger partial charge in [-0.25, -0.2) is 4.98 Å². The molecule has 0 radical (unpaired) electrons. The van der Waals surface area contributed by atoms with Gasteiger partial charge in [0.05, 0.1) is 12.2 Å². The van der Waals surface area contributed by atoms with Crippen molar-refractivity contribution < 1.29 is 9.53 Å². The normalized spacial score (nSPS) is 23.0. The Hall–Kier alpha value is -1.47. The molecule has 2 rings (SSSR count).